The van der Waals surface area contributed by atoms with Crippen molar-refractivity contribution in [2.24, 2.45) is 0 Å². The maximum Gasteiger partial charge on any atom is 0.407 e. The van der Waals surface area contributed by atoms with Crippen molar-refractivity contribution in [3.63, 3.8) is 0 Å². The van der Waals surface area contributed by atoms with Gasteiger partial charge in [0, 0.05) is 19.1 Å². The van der Waals surface area contributed by atoms with Crippen LogP contribution in [0.5, 0.6) is 0 Å². The molecule has 0 radical (unpaired) electrons. The van der Waals surface area contributed by atoms with Gasteiger partial charge in [0.2, 0.25) is 0 Å². The fraction of sp³-hybridized carbons (Fsp3) is 0.652. The summed E-state index contributed by atoms with van der Waals surface area (Å²) in [5.74, 6) is 0. The summed E-state index contributed by atoms with van der Waals surface area (Å²) in [6.45, 7) is 12.4. The highest BCUT2D eigenvalue weighted by atomic mass is 16.6. The van der Waals surface area contributed by atoms with Crippen LogP contribution in [0.1, 0.15) is 59.9 Å². The zero-order chi connectivity index (χ0) is 22.6. The molecule has 0 unspecified atom stereocenters. The zero-order valence-electron chi connectivity index (χ0n) is 19.3. The third kappa shape index (κ3) is 13.8. The second-order valence-electron chi connectivity index (χ2n) is 9.36. The minimum absolute atomic E-state index is 0.137. The van der Waals surface area contributed by atoms with Crippen LogP contribution in [0.4, 0.5) is 9.59 Å². The summed E-state index contributed by atoms with van der Waals surface area (Å²) in [6.07, 6.45) is 2.12. The van der Waals surface area contributed by atoms with Crippen LogP contribution >= 0.6 is 0 Å². The number of rotatable bonds is 10. The van der Waals surface area contributed by atoms with Gasteiger partial charge < -0.3 is 25.4 Å². The molecule has 0 aliphatic rings. The highest BCUT2D eigenvalue weighted by molar-refractivity contribution is 5.68. The molecule has 0 heterocycles. The van der Waals surface area contributed by atoms with Crippen LogP contribution in [0.3, 0.4) is 0 Å². The van der Waals surface area contributed by atoms with Gasteiger partial charge in [0.1, 0.15) is 11.2 Å². The molecule has 2 amide bonds. The summed E-state index contributed by atoms with van der Waals surface area (Å²) < 4.78 is 10.6. The first-order chi connectivity index (χ1) is 13.9. The van der Waals surface area contributed by atoms with Crippen LogP contribution in [0.2, 0.25) is 0 Å². The first kappa shape index (κ1) is 25.8. The first-order valence-corrected chi connectivity index (χ1v) is 10.7. The number of nitrogens with one attached hydrogen (secondary N) is 3. The Labute approximate surface area is 181 Å². The number of amides is 2. The number of aryl methyl sites for hydroxylation is 1. The first-order valence-electron chi connectivity index (χ1n) is 10.7. The number of alkyl carbamates (subject to hydrolysis) is 2. The van der Waals surface area contributed by atoms with Crippen molar-refractivity contribution in [1.82, 2.24) is 16.0 Å². The van der Waals surface area contributed by atoms with Crippen molar-refractivity contribution < 1.29 is 19.1 Å². The smallest absolute Gasteiger partial charge is 0.407 e. The topological polar surface area (TPSA) is 88.7 Å². The highest BCUT2D eigenvalue weighted by Gasteiger charge is 2.19. The summed E-state index contributed by atoms with van der Waals surface area (Å²) in [5, 5.41) is 8.93. The minimum atomic E-state index is -0.556. The van der Waals surface area contributed by atoms with Gasteiger partial charge in [-0.2, -0.15) is 0 Å². The van der Waals surface area contributed by atoms with Crippen molar-refractivity contribution in [3.8, 4) is 0 Å². The number of hydrogen-bond donors (Lipinski definition) is 3. The SMILES string of the molecule is CC(C)(C)OC(=O)NCC(CNC(=O)OC(C)(C)C)NCCCCc1ccccc1. The largest absolute Gasteiger partial charge is 0.444 e. The van der Waals surface area contributed by atoms with Crippen LogP contribution < -0.4 is 16.0 Å². The number of ether oxygens (including phenoxy) is 2. The molecule has 0 bridgehead atoms. The lowest BCUT2D eigenvalue weighted by molar-refractivity contribution is 0.0515. The Bertz CT molecular complexity index is 604. The van der Waals surface area contributed by atoms with Gasteiger partial charge in [-0.05, 0) is 72.9 Å². The predicted molar refractivity (Wildman–Crippen MR) is 120 cm³/mol. The molecule has 1 aromatic rings. The molecule has 3 N–H and O–H groups in total. The Kier molecular flexibility index (Phi) is 10.7. The quantitative estimate of drug-likeness (QED) is 0.497. The van der Waals surface area contributed by atoms with Gasteiger partial charge in [0.25, 0.3) is 0 Å². The van der Waals surface area contributed by atoms with Crippen LogP contribution in [-0.4, -0.2) is 49.1 Å². The van der Waals surface area contributed by atoms with Crippen molar-refractivity contribution >= 4 is 12.2 Å². The van der Waals surface area contributed by atoms with Gasteiger partial charge >= 0.3 is 12.2 Å². The molecule has 0 spiro atoms. The van der Waals surface area contributed by atoms with Crippen molar-refractivity contribution in [2.45, 2.75) is 78.0 Å². The third-order valence-electron chi connectivity index (χ3n) is 3.95. The van der Waals surface area contributed by atoms with Gasteiger partial charge in [-0.1, -0.05) is 30.3 Å². The molecule has 0 fully saturated rings. The lowest BCUT2D eigenvalue weighted by Crippen LogP contribution is -2.49. The molecule has 0 aliphatic heterocycles. The Morgan fingerprint density at radius 3 is 1.80 bits per heavy atom. The Hall–Kier alpha value is -2.28. The number of unbranched alkanes of at least 4 members (excludes halogenated alkanes) is 1. The maximum absolute atomic E-state index is 11.9. The molecule has 170 valence electrons. The third-order valence-corrected chi connectivity index (χ3v) is 3.95. The van der Waals surface area contributed by atoms with Crippen molar-refractivity contribution in [1.29, 1.82) is 0 Å². The van der Waals surface area contributed by atoms with E-state index >= 15 is 0 Å². The molecule has 0 saturated heterocycles. The number of carbonyl (C=O) groups is 2. The highest BCUT2D eigenvalue weighted by Crippen LogP contribution is 2.07. The van der Waals surface area contributed by atoms with E-state index in [4.69, 9.17) is 9.47 Å². The lowest BCUT2D eigenvalue weighted by Gasteiger charge is -2.24. The van der Waals surface area contributed by atoms with Crippen molar-refractivity contribution in [3.05, 3.63) is 35.9 Å². The van der Waals surface area contributed by atoms with Crippen LogP contribution in [0.15, 0.2) is 30.3 Å². The number of hydrogen-bond acceptors (Lipinski definition) is 5. The molecule has 7 heteroatoms. The average Bonchev–Trinajstić information content (AvgIpc) is 2.61. The van der Waals surface area contributed by atoms with Crippen LogP contribution in [-0.2, 0) is 15.9 Å². The summed E-state index contributed by atoms with van der Waals surface area (Å²) in [4.78, 5) is 23.9. The molecule has 0 aromatic heterocycles. The normalized spacial score (nSPS) is 11.8. The maximum atomic E-state index is 11.9. The van der Waals surface area contributed by atoms with E-state index in [0.29, 0.717) is 13.1 Å². The fourth-order valence-corrected chi connectivity index (χ4v) is 2.66. The van der Waals surface area contributed by atoms with Gasteiger partial charge in [0.05, 0.1) is 0 Å². The molecular formula is C23H39N3O4. The van der Waals surface area contributed by atoms with Crippen LogP contribution in [0, 0.1) is 0 Å². The lowest BCUT2D eigenvalue weighted by atomic mass is 10.1. The van der Waals surface area contributed by atoms with E-state index in [1.54, 1.807) is 0 Å². The standard InChI is InChI=1S/C23H39N3O4/c1-22(2,3)29-20(27)25-16-19(17-26-21(28)30-23(4,5)6)24-15-11-10-14-18-12-8-7-9-13-18/h7-9,12-13,19,24H,10-11,14-17H2,1-6H3,(H,25,27)(H,26,28). The molecule has 0 saturated carbocycles. The monoisotopic (exact) mass is 421 g/mol. The Balaban J connectivity index is 2.43. The van der Waals surface area contributed by atoms with Crippen LogP contribution in [0.25, 0.3) is 0 Å². The molecule has 1 aromatic carbocycles. The predicted octanol–water partition coefficient (Wildman–Crippen LogP) is 4.02. The van der Waals surface area contributed by atoms with E-state index in [2.05, 4.69) is 28.1 Å². The summed E-state index contributed by atoms with van der Waals surface area (Å²) >= 11 is 0. The second kappa shape index (κ2) is 12.4. The van der Waals surface area contributed by atoms with E-state index in [1.165, 1.54) is 5.56 Å². The Morgan fingerprint density at radius 1 is 0.833 bits per heavy atom. The molecule has 30 heavy (non-hydrogen) atoms. The summed E-state index contributed by atoms with van der Waals surface area (Å²) in [7, 11) is 0. The fourth-order valence-electron chi connectivity index (χ4n) is 2.66. The van der Waals surface area contributed by atoms with E-state index in [0.717, 1.165) is 25.8 Å². The van der Waals surface area contributed by atoms with Gasteiger partial charge in [-0.3, -0.25) is 0 Å². The number of carbonyl (C=O) groups excluding carboxylic acids is 2. The van der Waals surface area contributed by atoms with Gasteiger partial charge in [0.15, 0.2) is 0 Å². The molecular weight excluding hydrogens is 382 g/mol. The summed E-state index contributed by atoms with van der Waals surface area (Å²) in [6, 6.07) is 10.2. The minimum Gasteiger partial charge on any atom is -0.444 e. The van der Waals surface area contributed by atoms with Gasteiger partial charge in [-0.15, -0.1) is 0 Å². The van der Waals surface area contributed by atoms with E-state index in [1.807, 2.05) is 59.7 Å². The van der Waals surface area contributed by atoms with E-state index in [9.17, 15) is 9.59 Å². The molecule has 1 rings (SSSR count). The number of benzene rings is 1. The van der Waals surface area contributed by atoms with E-state index in [-0.39, 0.29) is 6.04 Å². The average molecular weight is 422 g/mol. The van der Waals surface area contributed by atoms with Crippen molar-refractivity contribution in [2.75, 3.05) is 19.6 Å². The molecule has 0 atom stereocenters. The second-order valence-corrected chi connectivity index (χ2v) is 9.36. The zero-order valence-corrected chi connectivity index (χ0v) is 19.3. The Morgan fingerprint density at radius 2 is 1.33 bits per heavy atom. The molecule has 0 aliphatic carbocycles. The molecule has 7 nitrogen and oxygen atoms in total. The van der Waals surface area contributed by atoms with Gasteiger partial charge in [-0.25, -0.2) is 9.59 Å². The summed E-state index contributed by atoms with van der Waals surface area (Å²) in [5.41, 5.74) is 0.213. The van der Waals surface area contributed by atoms with E-state index < -0.39 is 23.4 Å².